The van der Waals surface area contributed by atoms with E-state index in [0.29, 0.717) is 18.6 Å². The highest BCUT2D eigenvalue weighted by atomic mass is 35.5. The first kappa shape index (κ1) is 16.6. The molecule has 1 fully saturated rings. The predicted octanol–water partition coefficient (Wildman–Crippen LogP) is 4.05. The Morgan fingerprint density at radius 3 is 2.56 bits per heavy atom. The van der Waals surface area contributed by atoms with Crippen LogP contribution in [0.15, 0.2) is 36.4 Å². The third-order valence-corrected chi connectivity index (χ3v) is 7.02. The van der Waals surface area contributed by atoms with E-state index in [0.717, 1.165) is 10.4 Å². The van der Waals surface area contributed by atoms with Gasteiger partial charge in [-0.05, 0) is 43.2 Å². The highest BCUT2D eigenvalue weighted by Crippen LogP contribution is 2.45. The molecule has 0 aromatic heterocycles. The second-order valence-corrected chi connectivity index (χ2v) is 8.61. The number of ether oxygens (including phenoxy) is 1. The molecule has 0 radical (unpaired) electrons. The molecule has 0 bridgehead atoms. The lowest BCUT2D eigenvalue weighted by molar-refractivity contribution is 0.333. The van der Waals surface area contributed by atoms with Crippen molar-refractivity contribution in [3.63, 3.8) is 0 Å². The predicted molar refractivity (Wildman–Crippen MR) is 90.5 cm³/mol. The Kier molecular flexibility index (Phi) is 3.88. The molecule has 4 nitrogen and oxygen atoms in total. The van der Waals surface area contributed by atoms with Crippen molar-refractivity contribution in [3.8, 4) is 5.75 Å². The monoisotopic (exact) mass is 385 g/mol. The van der Waals surface area contributed by atoms with Gasteiger partial charge in [0.05, 0.1) is 21.5 Å². The zero-order chi connectivity index (χ0) is 17.8. The van der Waals surface area contributed by atoms with Gasteiger partial charge < -0.3 is 4.74 Å². The first-order valence-corrected chi connectivity index (χ1v) is 9.67. The van der Waals surface area contributed by atoms with Crippen molar-refractivity contribution < 1.29 is 21.9 Å². The van der Waals surface area contributed by atoms with Gasteiger partial charge in [-0.1, -0.05) is 17.7 Å². The fraction of sp³-hybridized carbons (Fsp3) is 0.294. The largest absolute Gasteiger partial charge is 0.491 e. The van der Waals surface area contributed by atoms with E-state index in [1.165, 1.54) is 24.3 Å². The molecule has 2 aromatic carbocycles. The van der Waals surface area contributed by atoms with Gasteiger partial charge in [-0.15, -0.1) is 0 Å². The van der Waals surface area contributed by atoms with Gasteiger partial charge in [-0.3, -0.25) is 4.31 Å². The fourth-order valence-corrected chi connectivity index (χ4v) is 5.21. The Morgan fingerprint density at radius 1 is 1.12 bits per heavy atom. The van der Waals surface area contributed by atoms with E-state index < -0.39 is 32.9 Å². The van der Waals surface area contributed by atoms with E-state index in [4.69, 9.17) is 16.3 Å². The van der Waals surface area contributed by atoms with Gasteiger partial charge in [0.25, 0.3) is 0 Å². The molecule has 0 spiro atoms. The molecule has 1 unspecified atom stereocenters. The first-order chi connectivity index (χ1) is 11.9. The van der Waals surface area contributed by atoms with Crippen molar-refractivity contribution in [1.29, 1.82) is 0 Å². The van der Waals surface area contributed by atoms with Crippen molar-refractivity contribution in [2.24, 2.45) is 0 Å². The number of rotatable bonds is 4. The van der Waals surface area contributed by atoms with Crippen LogP contribution in [0.3, 0.4) is 0 Å². The average molecular weight is 386 g/mol. The SMILES string of the molecule is O=S(=O)(C1CC1)N(c1ccc(F)c(Cl)c1)C1COc2cccc(F)c21. The van der Waals surface area contributed by atoms with Gasteiger partial charge in [0.1, 0.15) is 30.0 Å². The Labute approximate surface area is 149 Å². The van der Waals surface area contributed by atoms with Gasteiger partial charge in [-0.25, -0.2) is 17.2 Å². The van der Waals surface area contributed by atoms with Crippen LogP contribution in [0.1, 0.15) is 24.4 Å². The van der Waals surface area contributed by atoms with E-state index in [1.54, 1.807) is 6.07 Å². The van der Waals surface area contributed by atoms with Crippen molar-refractivity contribution in [2.75, 3.05) is 10.9 Å². The van der Waals surface area contributed by atoms with Crippen LogP contribution < -0.4 is 9.04 Å². The summed E-state index contributed by atoms with van der Waals surface area (Å²) in [6.07, 6.45) is 1.09. The van der Waals surface area contributed by atoms with E-state index in [2.05, 4.69) is 0 Å². The maximum Gasteiger partial charge on any atom is 0.238 e. The van der Waals surface area contributed by atoms with Crippen LogP contribution in [0.2, 0.25) is 5.02 Å². The molecule has 0 N–H and O–H groups in total. The lowest BCUT2D eigenvalue weighted by Crippen LogP contribution is -2.38. The lowest BCUT2D eigenvalue weighted by Gasteiger charge is -2.30. The smallest absolute Gasteiger partial charge is 0.238 e. The minimum atomic E-state index is -3.75. The summed E-state index contributed by atoms with van der Waals surface area (Å²) in [5.74, 6) is -0.873. The quantitative estimate of drug-likeness (QED) is 0.797. The highest BCUT2D eigenvalue weighted by Gasteiger charge is 2.46. The Morgan fingerprint density at radius 2 is 1.88 bits per heavy atom. The van der Waals surface area contributed by atoms with Gasteiger partial charge in [-0.2, -0.15) is 0 Å². The second kappa shape index (κ2) is 5.85. The van der Waals surface area contributed by atoms with E-state index in [-0.39, 0.29) is 22.9 Å². The molecule has 0 amide bonds. The van der Waals surface area contributed by atoms with E-state index >= 15 is 0 Å². The molecule has 8 heteroatoms. The standard InChI is InChI=1S/C17H14ClF2NO3S/c18-12-8-10(4-7-13(12)19)21(25(22,23)11-5-6-11)15-9-24-16-3-1-2-14(20)17(15)16/h1-4,7-8,11,15H,5-6,9H2. The molecule has 1 saturated carbocycles. The number of fused-ring (bicyclic) bond motifs is 1. The maximum atomic E-state index is 14.4. The number of anilines is 1. The summed E-state index contributed by atoms with van der Waals surface area (Å²) in [5.41, 5.74) is 0.384. The summed E-state index contributed by atoms with van der Waals surface area (Å²) >= 11 is 5.84. The summed E-state index contributed by atoms with van der Waals surface area (Å²) in [6, 6.07) is 7.19. The van der Waals surface area contributed by atoms with E-state index in [9.17, 15) is 17.2 Å². The van der Waals surface area contributed by atoms with Gasteiger partial charge in [0, 0.05) is 0 Å². The topological polar surface area (TPSA) is 46.6 Å². The van der Waals surface area contributed by atoms with Gasteiger partial charge >= 0.3 is 0 Å². The molecule has 0 saturated heterocycles. The zero-order valence-corrected chi connectivity index (χ0v) is 14.5. The average Bonchev–Trinajstić information content (AvgIpc) is 3.34. The summed E-state index contributed by atoms with van der Waals surface area (Å²) in [4.78, 5) is 0. The molecule has 1 atom stereocenters. The number of hydrogen-bond acceptors (Lipinski definition) is 3. The molecule has 25 heavy (non-hydrogen) atoms. The van der Waals surface area contributed by atoms with Crippen molar-refractivity contribution in [2.45, 2.75) is 24.1 Å². The molecular formula is C17H14ClF2NO3S. The molecule has 1 heterocycles. The van der Waals surface area contributed by atoms with Crippen molar-refractivity contribution in [1.82, 2.24) is 0 Å². The summed E-state index contributed by atoms with van der Waals surface area (Å²) in [6.45, 7) is -0.0167. The third-order valence-electron chi connectivity index (χ3n) is 4.40. The first-order valence-electron chi connectivity index (χ1n) is 7.79. The molecule has 2 aromatic rings. The number of benzene rings is 2. The van der Waals surface area contributed by atoms with Crippen LogP contribution in [0.5, 0.6) is 5.75 Å². The minimum absolute atomic E-state index is 0.0167. The normalized spacial score (nSPS) is 19.4. The number of halogens is 3. The molecule has 132 valence electrons. The Hall–Kier alpha value is -1.86. The summed E-state index contributed by atoms with van der Waals surface area (Å²) in [5, 5.41) is -0.715. The Bertz CT molecular complexity index is 947. The Balaban J connectivity index is 1.87. The minimum Gasteiger partial charge on any atom is -0.491 e. The van der Waals surface area contributed by atoms with Gasteiger partial charge in [0.2, 0.25) is 10.0 Å². The molecule has 1 aliphatic carbocycles. The maximum absolute atomic E-state index is 14.4. The van der Waals surface area contributed by atoms with Crippen LogP contribution in [0.25, 0.3) is 0 Å². The van der Waals surface area contributed by atoms with Crippen LogP contribution in [-0.2, 0) is 10.0 Å². The summed E-state index contributed by atoms with van der Waals surface area (Å²) < 4.78 is 60.5. The van der Waals surface area contributed by atoms with Crippen LogP contribution in [0, 0.1) is 11.6 Å². The molecular weight excluding hydrogens is 372 g/mol. The highest BCUT2D eigenvalue weighted by molar-refractivity contribution is 7.93. The number of sulfonamides is 1. The van der Waals surface area contributed by atoms with Crippen molar-refractivity contribution >= 4 is 27.3 Å². The molecule has 1 aliphatic heterocycles. The number of hydrogen-bond donors (Lipinski definition) is 0. The van der Waals surface area contributed by atoms with Crippen molar-refractivity contribution in [3.05, 3.63) is 58.6 Å². The number of nitrogens with zero attached hydrogens (tertiary/aromatic N) is 1. The third kappa shape index (κ3) is 2.75. The zero-order valence-electron chi connectivity index (χ0n) is 13.0. The molecule has 2 aliphatic rings. The second-order valence-electron chi connectivity index (χ2n) is 6.12. The fourth-order valence-electron chi connectivity index (χ4n) is 3.06. The van der Waals surface area contributed by atoms with Crippen LogP contribution in [-0.4, -0.2) is 20.3 Å². The van der Waals surface area contributed by atoms with Gasteiger partial charge in [0.15, 0.2) is 0 Å². The van der Waals surface area contributed by atoms with E-state index in [1.807, 2.05) is 0 Å². The van der Waals surface area contributed by atoms with Crippen LogP contribution in [0.4, 0.5) is 14.5 Å². The summed E-state index contributed by atoms with van der Waals surface area (Å²) in [7, 11) is -3.75. The van der Waals surface area contributed by atoms with Crippen LogP contribution >= 0.6 is 11.6 Å². The molecule has 4 rings (SSSR count). The lowest BCUT2D eigenvalue weighted by atomic mass is 10.1.